The van der Waals surface area contributed by atoms with Crippen LogP contribution in [0, 0.1) is 11.8 Å². The minimum Gasteiger partial charge on any atom is -0.375 e. The monoisotopic (exact) mass is 230 g/mol. The molecule has 4 unspecified atom stereocenters. The molecule has 92 valence electrons. The van der Waals surface area contributed by atoms with Crippen molar-refractivity contribution in [2.45, 2.75) is 51.2 Å². The molecule has 2 aliphatic carbocycles. The van der Waals surface area contributed by atoms with Crippen molar-refractivity contribution in [1.82, 2.24) is 0 Å². The molecule has 0 radical (unpaired) electrons. The molecule has 4 atom stereocenters. The van der Waals surface area contributed by atoms with E-state index in [2.05, 4.69) is 37.3 Å². The minimum atomic E-state index is 0.363. The lowest BCUT2D eigenvalue weighted by atomic mass is 9.97. The predicted octanol–water partition coefficient (Wildman–Crippen LogP) is 3.82. The summed E-state index contributed by atoms with van der Waals surface area (Å²) < 4.78 is 6.25. The van der Waals surface area contributed by atoms with Gasteiger partial charge < -0.3 is 4.74 Å². The molecule has 17 heavy (non-hydrogen) atoms. The van der Waals surface area contributed by atoms with E-state index in [9.17, 15) is 0 Å². The lowest BCUT2D eigenvalue weighted by Crippen LogP contribution is -2.26. The third-order valence-corrected chi connectivity index (χ3v) is 4.45. The van der Waals surface area contributed by atoms with Gasteiger partial charge in [-0.2, -0.15) is 0 Å². The van der Waals surface area contributed by atoms with Crippen molar-refractivity contribution < 1.29 is 4.74 Å². The van der Waals surface area contributed by atoms with E-state index in [-0.39, 0.29) is 0 Å². The van der Waals surface area contributed by atoms with Crippen LogP contribution in [0.1, 0.15) is 38.2 Å². The zero-order valence-electron chi connectivity index (χ0n) is 10.6. The predicted molar refractivity (Wildman–Crippen MR) is 69.9 cm³/mol. The second-order valence-electron chi connectivity index (χ2n) is 5.85. The average molecular weight is 230 g/mol. The molecule has 3 rings (SSSR count). The van der Waals surface area contributed by atoms with Crippen molar-refractivity contribution >= 4 is 0 Å². The van der Waals surface area contributed by atoms with Gasteiger partial charge in [0.25, 0.3) is 0 Å². The molecule has 2 fully saturated rings. The van der Waals surface area contributed by atoms with E-state index in [1.807, 2.05) is 0 Å². The van der Waals surface area contributed by atoms with Gasteiger partial charge in [-0.3, -0.25) is 0 Å². The number of ether oxygens (including phenoxy) is 1. The van der Waals surface area contributed by atoms with Gasteiger partial charge in [0.15, 0.2) is 0 Å². The van der Waals surface area contributed by atoms with Gasteiger partial charge in [0.2, 0.25) is 0 Å². The van der Waals surface area contributed by atoms with Crippen molar-refractivity contribution in [2.75, 3.05) is 0 Å². The quantitative estimate of drug-likeness (QED) is 0.764. The van der Waals surface area contributed by atoms with E-state index < -0.39 is 0 Å². The van der Waals surface area contributed by atoms with Gasteiger partial charge in [-0.15, -0.1) is 0 Å². The molecule has 2 saturated carbocycles. The second-order valence-corrected chi connectivity index (χ2v) is 5.85. The van der Waals surface area contributed by atoms with E-state index in [1.165, 1.54) is 31.2 Å². The molecule has 0 N–H and O–H groups in total. The Balaban J connectivity index is 1.52. The van der Waals surface area contributed by atoms with Crippen molar-refractivity contribution in [3.63, 3.8) is 0 Å². The summed E-state index contributed by atoms with van der Waals surface area (Å²) in [6.45, 7) is 2.22. The van der Waals surface area contributed by atoms with Crippen LogP contribution in [0.5, 0.6) is 0 Å². The van der Waals surface area contributed by atoms with Crippen molar-refractivity contribution in [2.24, 2.45) is 11.8 Å². The highest BCUT2D eigenvalue weighted by molar-refractivity contribution is 5.15. The zero-order valence-corrected chi connectivity index (χ0v) is 10.6. The molecule has 1 heteroatoms. The number of hydrogen-bond acceptors (Lipinski definition) is 1. The van der Waals surface area contributed by atoms with E-state index in [4.69, 9.17) is 4.74 Å². The highest BCUT2D eigenvalue weighted by atomic mass is 16.5. The van der Waals surface area contributed by atoms with E-state index in [0.29, 0.717) is 12.2 Å². The molecule has 0 saturated heterocycles. The lowest BCUT2D eigenvalue weighted by Gasteiger charge is -2.26. The van der Waals surface area contributed by atoms with Crippen LogP contribution in [0.4, 0.5) is 0 Å². The third kappa shape index (κ3) is 2.55. The number of rotatable bonds is 4. The van der Waals surface area contributed by atoms with Crippen molar-refractivity contribution in [3.8, 4) is 0 Å². The van der Waals surface area contributed by atoms with Crippen LogP contribution >= 0.6 is 0 Å². The Morgan fingerprint density at radius 2 is 2.00 bits per heavy atom. The maximum absolute atomic E-state index is 6.25. The molecule has 0 aromatic heterocycles. The van der Waals surface area contributed by atoms with Gasteiger partial charge in [-0.1, -0.05) is 30.3 Å². The third-order valence-electron chi connectivity index (χ3n) is 4.45. The fourth-order valence-electron chi connectivity index (χ4n) is 3.65. The minimum absolute atomic E-state index is 0.363. The molecule has 0 spiro atoms. The second kappa shape index (κ2) is 4.81. The van der Waals surface area contributed by atoms with Crippen LogP contribution in [0.25, 0.3) is 0 Å². The van der Waals surface area contributed by atoms with E-state index in [0.717, 1.165) is 18.3 Å². The van der Waals surface area contributed by atoms with Gasteiger partial charge in [0.1, 0.15) is 0 Å². The largest absolute Gasteiger partial charge is 0.375 e. The van der Waals surface area contributed by atoms with Gasteiger partial charge >= 0.3 is 0 Å². The van der Waals surface area contributed by atoms with Crippen LogP contribution in [-0.4, -0.2) is 12.2 Å². The molecule has 0 aliphatic heterocycles. The van der Waals surface area contributed by atoms with Crippen LogP contribution in [0.15, 0.2) is 30.3 Å². The number of fused-ring (bicyclic) bond motifs is 2. The van der Waals surface area contributed by atoms with Crippen LogP contribution in [-0.2, 0) is 11.2 Å². The molecule has 0 amide bonds. The Labute approximate surface area is 104 Å². The van der Waals surface area contributed by atoms with Gasteiger partial charge in [0.05, 0.1) is 12.2 Å². The van der Waals surface area contributed by atoms with Gasteiger partial charge in [-0.25, -0.2) is 0 Å². The summed E-state index contributed by atoms with van der Waals surface area (Å²) in [5.74, 6) is 1.85. The summed E-state index contributed by atoms with van der Waals surface area (Å²) in [7, 11) is 0. The molecule has 1 aromatic carbocycles. The summed E-state index contributed by atoms with van der Waals surface area (Å²) in [5.41, 5.74) is 1.39. The molecular formula is C16H22O. The van der Waals surface area contributed by atoms with Crippen molar-refractivity contribution in [1.29, 1.82) is 0 Å². The Kier molecular flexibility index (Phi) is 3.19. The first-order chi connectivity index (χ1) is 8.31. The normalized spacial score (nSPS) is 32.9. The average Bonchev–Trinajstić information content (AvgIpc) is 2.92. The van der Waals surface area contributed by atoms with Gasteiger partial charge in [0, 0.05) is 0 Å². The fourth-order valence-corrected chi connectivity index (χ4v) is 3.65. The first-order valence-electron chi connectivity index (χ1n) is 7.00. The van der Waals surface area contributed by atoms with Crippen molar-refractivity contribution in [3.05, 3.63) is 35.9 Å². The highest BCUT2D eigenvalue weighted by Gasteiger charge is 2.40. The number of benzene rings is 1. The van der Waals surface area contributed by atoms with E-state index >= 15 is 0 Å². The topological polar surface area (TPSA) is 9.23 Å². The first kappa shape index (κ1) is 11.3. The SMILES string of the molecule is CC(Cc1ccccc1)OC1CC2CCC1C2. The molecule has 0 heterocycles. The maximum atomic E-state index is 6.25. The number of hydrogen-bond donors (Lipinski definition) is 0. The molecule has 1 nitrogen and oxygen atoms in total. The Morgan fingerprint density at radius 1 is 1.18 bits per heavy atom. The summed E-state index contributed by atoms with van der Waals surface area (Å²) in [6, 6.07) is 10.7. The Bertz CT molecular complexity index is 359. The van der Waals surface area contributed by atoms with Crippen LogP contribution in [0.3, 0.4) is 0 Å². The lowest BCUT2D eigenvalue weighted by molar-refractivity contribution is -0.0302. The Morgan fingerprint density at radius 3 is 2.65 bits per heavy atom. The van der Waals surface area contributed by atoms with Crippen LogP contribution in [0.2, 0.25) is 0 Å². The summed E-state index contributed by atoms with van der Waals surface area (Å²) in [4.78, 5) is 0. The Hall–Kier alpha value is -0.820. The zero-order chi connectivity index (χ0) is 11.7. The summed E-state index contributed by atoms with van der Waals surface area (Å²) >= 11 is 0. The fraction of sp³-hybridized carbons (Fsp3) is 0.625. The smallest absolute Gasteiger partial charge is 0.0609 e. The summed E-state index contributed by atoms with van der Waals surface area (Å²) in [5, 5.41) is 0. The summed E-state index contributed by atoms with van der Waals surface area (Å²) in [6.07, 6.45) is 7.60. The molecule has 1 aromatic rings. The molecule has 2 aliphatic rings. The van der Waals surface area contributed by atoms with Crippen LogP contribution < -0.4 is 0 Å². The van der Waals surface area contributed by atoms with Gasteiger partial charge in [-0.05, 0) is 56.4 Å². The first-order valence-corrected chi connectivity index (χ1v) is 7.00. The highest BCUT2D eigenvalue weighted by Crippen LogP contribution is 2.46. The van der Waals surface area contributed by atoms with E-state index in [1.54, 1.807) is 0 Å². The standard InChI is InChI=1S/C16H22O/c1-12(9-13-5-3-2-4-6-13)17-16-11-14-7-8-15(16)10-14/h2-6,12,14-16H,7-11H2,1H3. The maximum Gasteiger partial charge on any atom is 0.0609 e. The molecular weight excluding hydrogens is 208 g/mol. The molecule has 2 bridgehead atoms.